The highest BCUT2D eigenvalue weighted by Crippen LogP contribution is 2.26. The number of nitrogens with zero attached hydrogens (tertiary/aromatic N) is 5. The normalized spacial score (nSPS) is 14.2. The Labute approximate surface area is 209 Å². The minimum atomic E-state index is -0.300. The smallest absolute Gasteiger partial charge is 0.257 e. The van der Waals surface area contributed by atoms with Crippen LogP contribution < -0.4 is 10.6 Å². The van der Waals surface area contributed by atoms with Crippen molar-refractivity contribution in [1.82, 2.24) is 29.6 Å². The second-order valence-electron chi connectivity index (χ2n) is 9.34. The van der Waals surface area contributed by atoms with E-state index in [1.165, 1.54) is 6.42 Å². The maximum absolute atomic E-state index is 13.0. The number of aromatic nitrogens is 5. The molecule has 0 unspecified atom stereocenters. The summed E-state index contributed by atoms with van der Waals surface area (Å²) in [5.41, 5.74) is 5.66. The van der Waals surface area contributed by atoms with Gasteiger partial charge in [-0.15, -0.1) is 0 Å². The Morgan fingerprint density at radius 3 is 2.56 bits per heavy atom. The van der Waals surface area contributed by atoms with E-state index in [9.17, 15) is 9.59 Å². The van der Waals surface area contributed by atoms with Gasteiger partial charge in [-0.3, -0.25) is 24.2 Å². The van der Waals surface area contributed by atoms with E-state index in [1.807, 2.05) is 33.2 Å². The molecule has 0 spiro atoms. The van der Waals surface area contributed by atoms with Crippen molar-refractivity contribution in [2.75, 3.05) is 30.3 Å². The summed E-state index contributed by atoms with van der Waals surface area (Å²) in [5.74, 6) is -0.381. The predicted molar refractivity (Wildman–Crippen MR) is 139 cm³/mol. The maximum Gasteiger partial charge on any atom is 0.257 e. The highest BCUT2D eigenvalue weighted by molar-refractivity contribution is 6.06. The third-order valence-electron chi connectivity index (χ3n) is 6.47. The Balaban J connectivity index is 1.29. The van der Waals surface area contributed by atoms with Gasteiger partial charge in [0.2, 0.25) is 5.91 Å². The van der Waals surface area contributed by atoms with E-state index in [1.54, 1.807) is 29.2 Å². The summed E-state index contributed by atoms with van der Waals surface area (Å²) < 4.78 is 1.77. The van der Waals surface area contributed by atoms with Gasteiger partial charge in [-0.25, -0.2) is 4.98 Å². The lowest BCUT2D eigenvalue weighted by Gasteiger charge is -2.25. The van der Waals surface area contributed by atoms with E-state index in [0.29, 0.717) is 34.8 Å². The molecule has 0 radical (unpaired) electrons. The second-order valence-corrected chi connectivity index (χ2v) is 9.34. The standard InChI is InChI=1S/C26H30N8O2/c1-16-21(14-33(3)32-16)23-10-18-9-19(12-28-25(18)30-23)26(36)31-22-11-20(13-27-17(22)2)29-24(35)15-34-7-5-4-6-8-34/h9-14H,4-8,15H2,1-3H3,(H,28,30)(H,29,35)(H,31,36). The number of likely N-dealkylation sites (tertiary alicyclic amines) is 1. The summed E-state index contributed by atoms with van der Waals surface area (Å²) in [6.07, 6.45) is 8.57. The number of amides is 2. The molecule has 1 fully saturated rings. The fourth-order valence-corrected chi connectivity index (χ4v) is 4.59. The first kappa shape index (κ1) is 23.7. The molecule has 10 heteroatoms. The highest BCUT2D eigenvalue weighted by atomic mass is 16.2. The lowest BCUT2D eigenvalue weighted by atomic mass is 10.1. The molecular formula is C26H30N8O2. The summed E-state index contributed by atoms with van der Waals surface area (Å²) in [5, 5.41) is 11.0. The SMILES string of the molecule is Cc1ncc(NC(=O)CN2CCCCC2)cc1NC(=O)c1cnc2[nH]c(-c3cn(C)nc3C)cc2c1. The van der Waals surface area contributed by atoms with Crippen LogP contribution in [0, 0.1) is 13.8 Å². The van der Waals surface area contributed by atoms with Gasteiger partial charge in [-0.05, 0) is 58.0 Å². The van der Waals surface area contributed by atoms with Crippen molar-refractivity contribution in [2.45, 2.75) is 33.1 Å². The Hall–Kier alpha value is -4.05. The van der Waals surface area contributed by atoms with E-state index in [-0.39, 0.29) is 11.8 Å². The van der Waals surface area contributed by atoms with Crippen LogP contribution in [-0.4, -0.2) is 61.1 Å². The first-order chi connectivity index (χ1) is 17.4. The number of H-pyrrole nitrogens is 1. The molecule has 4 aromatic heterocycles. The molecule has 186 valence electrons. The second kappa shape index (κ2) is 9.90. The number of carbonyl (C=O) groups excluding carboxylic acids is 2. The van der Waals surface area contributed by atoms with Crippen LogP contribution in [0.15, 0.2) is 36.8 Å². The average molecular weight is 487 g/mol. The minimum Gasteiger partial charge on any atom is -0.339 e. The molecule has 0 bridgehead atoms. The van der Waals surface area contributed by atoms with Crippen molar-refractivity contribution in [2.24, 2.45) is 7.05 Å². The van der Waals surface area contributed by atoms with E-state index in [4.69, 9.17) is 0 Å². The number of nitrogens with one attached hydrogen (secondary N) is 3. The number of pyridine rings is 2. The third-order valence-corrected chi connectivity index (χ3v) is 6.47. The first-order valence-electron chi connectivity index (χ1n) is 12.2. The topological polar surface area (TPSA) is 121 Å². The summed E-state index contributed by atoms with van der Waals surface area (Å²) in [6, 6.07) is 5.50. The van der Waals surface area contributed by atoms with Gasteiger partial charge in [-0.2, -0.15) is 5.10 Å². The molecule has 0 aliphatic carbocycles. The van der Waals surface area contributed by atoms with Crippen LogP contribution in [0.2, 0.25) is 0 Å². The van der Waals surface area contributed by atoms with E-state index in [0.717, 1.165) is 48.3 Å². The first-order valence-corrected chi connectivity index (χ1v) is 12.2. The zero-order valence-electron chi connectivity index (χ0n) is 20.8. The van der Waals surface area contributed by atoms with Gasteiger partial charge in [0.15, 0.2) is 0 Å². The summed E-state index contributed by atoms with van der Waals surface area (Å²) in [6.45, 7) is 6.02. The minimum absolute atomic E-state index is 0.0819. The van der Waals surface area contributed by atoms with Gasteiger partial charge in [0, 0.05) is 30.4 Å². The number of aromatic amines is 1. The lowest BCUT2D eigenvalue weighted by Crippen LogP contribution is -2.36. The molecule has 5 rings (SSSR count). The molecule has 0 atom stereocenters. The number of hydrogen-bond donors (Lipinski definition) is 3. The zero-order chi connectivity index (χ0) is 25.2. The lowest BCUT2D eigenvalue weighted by molar-refractivity contribution is -0.117. The molecular weight excluding hydrogens is 456 g/mol. The molecule has 2 amide bonds. The zero-order valence-corrected chi connectivity index (χ0v) is 20.8. The Bertz CT molecular complexity index is 1430. The monoisotopic (exact) mass is 486 g/mol. The van der Waals surface area contributed by atoms with Crippen LogP contribution >= 0.6 is 0 Å². The van der Waals surface area contributed by atoms with Crippen molar-refractivity contribution < 1.29 is 9.59 Å². The highest BCUT2D eigenvalue weighted by Gasteiger charge is 2.16. The average Bonchev–Trinajstić information content (AvgIpc) is 3.43. The molecule has 3 N–H and O–H groups in total. The van der Waals surface area contributed by atoms with E-state index in [2.05, 4.69) is 35.6 Å². The van der Waals surface area contributed by atoms with Crippen molar-refractivity contribution in [1.29, 1.82) is 0 Å². The molecule has 1 aliphatic rings. The summed E-state index contributed by atoms with van der Waals surface area (Å²) in [7, 11) is 1.88. The van der Waals surface area contributed by atoms with Crippen LogP contribution in [0.1, 0.15) is 41.0 Å². The summed E-state index contributed by atoms with van der Waals surface area (Å²) >= 11 is 0. The molecule has 0 aromatic carbocycles. The van der Waals surface area contributed by atoms with Crippen LogP contribution in [0.4, 0.5) is 11.4 Å². The van der Waals surface area contributed by atoms with E-state index >= 15 is 0 Å². The van der Waals surface area contributed by atoms with Crippen LogP contribution in [0.3, 0.4) is 0 Å². The molecule has 10 nitrogen and oxygen atoms in total. The fraction of sp³-hybridized carbons (Fsp3) is 0.346. The molecule has 1 saturated heterocycles. The fourth-order valence-electron chi connectivity index (χ4n) is 4.59. The predicted octanol–water partition coefficient (Wildman–Crippen LogP) is 3.65. The number of hydrogen-bond acceptors (Lipinski definition) is 6. The number of anilines is 2. The van der Waals surface area contributed by atoms with Crippen molar-refractivity contribution in [3.05, 3.63) is 53.7 Å². The molecule has 1 aliphatic heterocycles. The third kappa shape index (κ3) is 5.13. The molecule has 36 heavy (non-hydrogen) atoms. The Morgan fingerprint density at radius 1 is 1.00 bits per heavy atom. The largest absolute Gasteiger partial charge is 0.339 e. The van der Waals surface area contributed by atoms with Crippen LogP contribution in [0.25, 0.3) is 22.3 Å². The van der Waals surface area contributed by atoms with Crippen LogP contribution in [-0.2, 0) is 11.8 Å². The number of carbonyl (C=O) groups is 2. The van der Waals surface area contributed by atoms with Gasteiger partial charge in [0.25, 0.3) is 5.91 Å². The number of piperidine rings is 1. The number of fused-ring (bicyclic) bond motifs is 1. The van der Waals surface area contributed by atoms with Crippen molar-refractivity contribution >= 4 is 34.2 Å². The Morgan fingerprint density at radius 2 is 1.81 bits per heavy atom. The Kier molecular flexibility index (Phi) is 6.51. The van der Waals surface area contributed by atoms with Gasteiger partial charge >= 0.3 is 0 Å². The molecule has 0 saturated carbocycles. The van der Waals surface area contributed by atoms with Crippen LogP contribution in [0.5, 0.6) is 0 Å². The number of aryl methyl sites for hydroxylation is 3. The van der Waals surface area contributed by atoms with E-state index < -0.39 is 0 Å². The number of rotatable bonds is 6. The van der Waals surface area contributed by atoms with Gasteiger partial charge in [0.05, 0.1) is 46.8 Å². The van der Waals surface area contributed by atoms with Gasteiger partial charge < -0.3 is 15.6 Å². The maximum atomic E-state index is 13.0. The van der Waals surface area contributed by atoms with Gasteiger partial charge in [-0.1, -0.05) is 6.42 Å². The summed E-state index contributed by atoms with van der Waals surface area (Å²) in [4.78, 5) is 39.8. The molecule has 5 heterocycles. The quantitative estimate of drug-likeness (QED) is 0.383. The molecule has 4 aromatic rings. The van der Waals surface area contributed by atoms with Gasteiger partial charge in [0.1, 0.15) is 5.65 Å². The van der Waals surface area contributed by atoms with Crippen molar-refractivity contribution in [3.8, 4) is 11.3 Å². The van der Waals surface area contributed by atoms with Crippen molar-refractivity contribution in [3.63, 3.8) is 0 Å².